The van der Waals surface area contributed by atoms with Crippen LogP contribution in [0.3, 0.4) is 0 Å². The van der Waals surface area contributed by atoms with Gasteiger partial charge in [-0.25, -0.2) is 4.98 Å². The summed E-state index contributed by atoms with van der Waals surface area (Å²) in [6.45, 7) is 5.95. The molecule has 0 aliphatic heterocycles. The number of hydrogen-bond donors (Lipinski definition) is 0. The van der Waals surface area contributed by atoms with Crippen LogP contribution in [-0.4, -0.2) is 30.6 Å². The Morgan fingerprint density at radius 3 is 1.44 bits per heavy atom. The Hall–Kier alpha value is -3.47. The number of unbranched alkanes of at least 4 members (excludes halogenated alkanes) is 6. The van der Waals surface area contributed by atoms with Crippen LogP contribution < -0.4 is 9.47 Å². The summed E-state index contributed by atoms with van der Waals surface area (Å²) in [7, 11) is 0. The van der Waals surface area contributed by atoms with Gasteiger partial charge in [0.1, 0.15) is 11.5 Å². The molecule has 3 rings (SSSR count). The van der Waals surface area contributed by atoms with E-state index >= 15 is 0 Å². The third kappa shape index (κ3) is 10.4. The molecule has 1 heterocycles. The van der Waals surface area contributed by atoms with Crippen molar-refractivity contribution in [2.75, 3.05) is 13.2 Å². The summed E-state index contributed by atoms with van der Waals surface area (Å²) in [5.74, 6) is 1.77. The van der Waals surface area contributed by atoms with Gasteiger partial charge in [-0.3, -0.25) is 9.98 Å². The predicted molar refractivity (Wildman–Crippen MR) is 151 cm³/mol. The number of benzene rings is 2. The molecule has 36 heavy (non-hydrogen) atoms. The summed E-state index contributed by atoms with van der Waals surface area (Å²) >= 11 is 0. The maximum absolute atomic E-state index is 5.80. The number of aromatic nitrogens is 1. The van der Waals surface area contributed by atoms with E-state index in [0.29, 0.717) is 0 Å². The van der Waals surface area contributed by atoms with Gasteiger partial charge < -0.3 is 9.47 Å². The van der Waals surface area contributed by atoms with Crippen LogP contribution in [0.15, 0.2) is 76.7 Å². The van der Waals surface area contributed by atoms with Crippen molar-refractivity contribution in [3.63, 3.8) is 0 Å². The Morgan fingerprint density at radius 1 is 0.583 bits per heavy atom. The summed E-state index contributed by atoms with van der Waals surface area (Å²) in [6.07, 6.45) is 13.2. The van der Waals surface area contributed by atoms with Crippen LogP contribution in [0.5, 0.6) is 11.5 Å². The number of rotatable bonds is 16. The molecule has 0 amide bonds. The molecule has 1 aromatic heterocycles. The van der Waals surface area contributed by atoms with Crippen molar-refractivity contribution in [1.29, 1.82) is 0 Å². The molecule has 0 unspecified atom stereocenters. The molecular weight excluding hydrogens is 446 g/mol. The topological polar surface area (TPSA) is 56.1 Å². The lowest BCUT2D eigenvalue weighted by Gasteiger charge is -2.06. The van der Waals surface area contributed by atoms with E-state index in [0.717, 1.165) is 60.3 Å². The first kappa shape index (κ1) is 27.1. The standard InChI is InChI=1S/C31H39N3O2/c1-3-5-7-9-22-35-30-18-14-26(15-19-30)32-24-28-12-11-13-29(34-28)25-33-27-16-20-31(21-17-27)36-23-10-8-6-4-2/h11-21,24-25H,3-10,22-23H2,1-2H3. The fourth-order valence-electron chi connectivity index (χ4n) is 3.59. The van der Waals surface area contributed by atoms with E-state index < -0.39 is 0 Å². The van der Waals surface area contributed by atoms with Crippen molar-refractivity contribution < 1.29 is 9.47 Å². The third-order valence-corrected chi connectivity index (χ3v) is 5.69. The minimum Gasteiger partial charge on any atom is -0.494 e. The highest BCUT2D eigenvalue weighted by Gasteiger charge is 1.98. The molecule has 0 atom stereocenters. The zero-order valence-corrected chi connectivity index (χ0v) is 21.7. The smallest absolute Gasteiger partial charge is 0.119 e. The second kappa shape index (κ2) is 16.2. The van der Waals surface area contributed by atoms with E-state index in [9.17, 15) is 0 Å². The average molecular weight is 486 g/mol. The van der Waals surface area contributed by atoms with E-state index in [2.05, 4.69) is 28.8 Å². The van der Waals surface area contributed by atoms with Crippen LogP contribution >= 0.6 is 0 Å². The summed E-state index contributed by atoms with van der Waals surface area (Å²) in [5, 5.41) is 0. The van der Waals surface area contributed by atoms with Crippen LogP contribution in [0.2, 0.25) is 0 Å². The van der Waals surface area contributed by atoms with Crippen LogP contribution in [-0.2, 0) is 0 Å². The summed E-state index contributed by atoms with van der Waals surface area (Å²) in [4.78, 5) is 13.7. The average Bonchev–Trinajstić information content (AvgIpc) is 2.92. The van der Waals surface area contributed by atoms with Gasteiger partial charge in [0.05, 0.1) is 48.4 Å². The fraction of sp³-hybridized carbons (Fsp3) is 0.387. The van der Waals surface area contributed by atoms with Gasteiger partial charge in [0.25, 0.3) is 0 Å². The highest BCUT2D eigenvalue weighted by Crippen LogP contribution is 2.20. The molecule has 0 aliphatic carbocycles. The van der Waals surface area contributed by atoms with E-state index in [1.165, 1.54) is 38.5 Å². The van der Waals surface area contributed by atoms with E-state index in [1.807, 2.05) is 66.7 Å². The molecule has 0 saturated carbocycles. The highest BCUT2D eigenvalue weighted by molar-refractivity contribution is 5.84. The zero-order chi connectivity index (χ0) is 25.3. The van der Waals surface area contributed by atoms with Crippen LogP contribution in [0.25, 0.3) is 0 Å². The van der Waals surface area contributed by atoms with Gasteiger partial charge in [-0.2, -0.15) is 0 Å². The summed E-state index contributed by atoms with van der Waals surface area (Å²) in [6, 6.07) is 21.5. The lowest BCUT2D eigenvalue weighted by Crippen LogP contribution is -1.96. The van der Waals surface area contributed by atoms with Gasteiger partial charge in [-0.05, 0) is 73.5 Å². The normalized spacial score (nSPS) is 11.4. The predicted octanol–water partition coefficient (Wildman–Crippen LogP) is 8.50. The van der Waals surface area contributed by atoms with E-state index in [-0.39, 0.29) is 0 Å². The van der Waals surface area contributed by atoms with Gasteiger partial charge >= 0.3 is 0 Å². The monoisotopic (exact) mass is 485 g/mol. The minimum atomic E-state index is 0.762. The summed E-state index contributed by atoms with van der Waals surface area (Å²) < 4.78 is 11.6. The second-order valence-corrected chi connectivity index (χ2v) is 8.81. The van der Waals surface area contributed by atoms with Gasteiger partial charge in [-0.1, -0.05) is 58.4 Å². The quantitative estimate of drug-likeness (QED) is 0.151. The van der Waals surface area contributed by atoms with Gasteiger partial charge in [0.15, 0.2) is 0 Å². The Kier molecular flexibility index (Phi) is 12.2. The Balaban J connectivity index is 1.48. The molecule has 190 valence electrons. The summed E-state index contributed by atoms with van der Waals surface area (Å²) in [5.41, 5.74) is 3.28. The van der Waals surface area contributed by atoms with E-state index in [4.69, 9.17) is 9.47 Å². The Bertz CT molecular complexity index is 977. The van der Waals surface area contributed by atoms with Gasteiger partial charge in [0.2, 0.25) is 0 Å². The van der Waals surface area contributed by atoms with Crippen molar-refractivity contribution in [1.82, 2.24) is 4.98 Å². The van der Waals surface area contributed by atoms with Crippen LogP contribution in [0.1, 0.15) is 76.6 Å². The fourth-order valence-corrected chi connectivity index (χ4v) is 3.59. The Morgan fingerprint density at radius 2 is 1.03 bits per heavy atom. The molecule has 0 N–H and O–H groups in total. The van der Waals surface area contributed by atoms with Crippen molar-refractivity contribution >= 4 is 23.8 Å². The van der Waals surface area contributed by atoms with E-state index in [1.54, 1.807) is 12.4 Å². The number of ether oxygens (including phenoxy) is 2. The maximum atomic E-state index is 5.80. The number of hydrogen-bond acceptors (Lipinski definition) is 5. The minimum absolute atomic E-state index is 0.762. The van der Waals surface area contributed by atoms with Crippen LogP contribution in [0, 0.1) is 0 Å². The highest BCUT2D eigenvalue weighted by atomic mass is 16.5. The molecule has 5 heteroatoms. The molecule has 0 spiro atoms. The Labute approximate surface area is 216 Å². The molecule has 3 aromatic rings. The SMILES string of the molecule is CCCCCCOc1ccc(N=Cc2cccc(C=Nc3ccc(OCCCCCC)cc3)n2)cc1. The number of pyridine rings is 1. The first-order valence-electron chi connectivity index (χ1n) is 13.3. The molecular formula is C31H39N3O2. The molecule has 5 nitrogen and oxygen atoms in total. The van der Waals surface area contributed by atoms with Crippen LogP contribution in [0.4, 0.5) is 11.4 Å². The van der Waals surface area contributed by atoms with Crippen molar-refractivity contribution in [2.24, 2.45) is 9.98 Å². The molecule has 2 aromatic carbocycles. The van der Waals surface area contributed by atoms with Crippen molar-refractivity contribution in [2.45, 2.75) is 65.2 Å². The second-order valence-electron chi connectivity index (χ2n) is 8.81. The largest absolute Gasteiger partial charge is 0.494 e. The lowest BCUT2D eigenvalue weighted by molar-refractivity contribution is 0.305. The molecule has 0 saturated heterocycles. The third-order valence-electron chi connectivity index (χ3n) is 5.69. The number of aliphatic imine (C=N–C) groups is 2. The van der Waals surface area contributed by atoms with Gasteiger partial charge in [0, 0.05) is 0 Å². The molecule has 0 fully saturated rings. The molecule has 0 aliphatic rings. The first-order chi connectivity index (χ1) is 17.8. The number of nitrogens with zero attached hydrogens (tertiary/aromatic N) is 3. The molecule has 0 bridgehead atoms. The lowest BCUT2D eigenvalue weighted by atomic mass is 10.2. The zero-order valence-electron chi connectivity index (χ0n) is 21.7. The molecule has 0 radical (unpaired) electrons. The first-order valence-corrected chi connectivity index (χ1v) is 13.3. The maximum Gasteiger partial charge on any atom is 0.119 e. The van der Waals surface area contributed by atoms with Crippen molar-refractivity contribution in [3.8, 4) is 11.5 Å². The van der Waals surface area contributed by atoms with Crippen molar-refractivity contribution in [3.05, 3.63) is 78.1 Å². The van der Waals surface area contributed by atoms with Gasteiger partial charge in [-0.15, -0.1) is 0 Å².